The van der Waals surface area contributed by atoms with Gasteiger partial charge in [0.25, 0.3) is 11.1 Å². The highest BCUT2D eigenvalue weighted by molar-refractivity contribution is 7.11. The first-order valence-electron chi connectivity index (χ1n) is 8.75. The van der Waals surface area contributed by atoms with Gasteiger partial charge in [0.1, 0.15) is 5.75 Å². The smallest absolute Gasteiger partial charge is 0.278 e. The predicted octanol–water partition coefficient (Wildman–Crippen LogP) is 4.11. The second kappa shape index (κ2) is 8.49. The van der Waals surface area contributed by atoms with Crippen molar-refractivity contribution in [1.29, 1.82) is 0 Å². The van der Waals surface area contributed by atoms with Crippen molar-refractivity contribution < 1.29 is 9.53 Å². The summed E-state index contributed by atoms with van der Waals surface area (Å²) < 4.78 is 7.61. The Kier molecular flexibility index (Phi) is 5.44. The molecule has 0 unspecified atom stereocenters. The summed E-state index contributed by atoms with van der Waals surface area (Å²) in [5, 5.41) is 5.41. The van der Waals surface area contributed by atoms with E-state index in [9.17, 15) is 4.79 Å². The largest absolute Gasteiger partial charge is 0.431 e. The third-order valence-electron chi connectivity index (χ3n) is 4.13. The minimum atomic E-state index is -0.0997. The Balaban J connectivity index is 1.30. The van der Waals surface area contributed by atoms with Gasteiger partial charge in [0.05, 0.1) is 6.33 Å². The number of carbonyl (C=O) groups excluding carboxylic acids is 1. The monoisotopic (exact) mass is 390 g/mol. The first-order chi connectivity index (χ1) is 13.8. The standard InChI is InChI=1S/C21H18N4O2S/c26-20(18-5-1-17(2-6-18)14-25-11-9-22-15-25)24-13-16-3-7-19(8-4-16)27-21-23-10-12-28-21/h1-12,15H,13-14H2,(H,24,26). The summed E-state index contributed by atoms with van der Waals surface area (Å²) in [6.45, 7) is 1.18. The van der Waals surface area contributed by atoms with Gasteiger partial charge >= 0.3 is 0 Å². The molecule has 28 heavy (non-hydrogen) atoms. The van der Waals surface area contributed by atoms with Crippen LogP contribution in [0.15, 0.2) is 78.8 Å². The molecule has 140 valence electrons. The second-order valence-electron chi connectivity index (χ2n) is 6.16. The molecule has 4 aromatic rings. The number of nitrogens with one attached hydrogen (secondary N) is 1. The van der Waals surface area contributed by atoms with Crippen molar-refractivity contribution in [2.45, 2.75) is 13.1 Å². The second-order valence-corrected chi connectivity index (χ2v) is 7.02. The van der Waals surface area contributed by atoms with Crippen molar-refractivity contribution >= 4 is 17.2 Å². The molecule has 4 rings (SSSR count). The van der Waals surface area contributed by atoms with E-state index in [0.717, 1.165) is 23.4 Å². The Morgan fingerprint density at radius 2 is 1.82 bits per heavy atom. The van der Waals surface area contributed by atoms with Crippen LogP contribution in [0.25, 0.3) is 0 Å². The van der Waals surface area contributed by atoms with Crippen molar-refractivity contribution in [3.8, 4) is 10.9 Å². The summed E-state index contributed by atoms with van der Waals surface area (Å²) in [7, 11) is 0. The quantitative estimate of drug-likeness (QED) is 0.516. The van der Waals surface area contributed by atoms with Crippen LogP contribution in [0, 0.1) is 0 Å². The highest BCUT2D eigenvalue weighted by Gasteiger charge is 2.06. The Bertz CT molecular complexity index is 1010. The van der Waals surface area contributed by atoms with Crippen molar-refractivity contribution in [3.05, 3.63) is 95.5 Å². The molecule has 2 aromatic carbocycles. The lowest BCUT2D eigenvalue weighted by Crippen LogP contribution is -2.22. The van der Waals surface area contributed by atoms with Gasteiger partial charge in [0.15, 0.2) is 0 Å². The molecule has 6 nitrogen and oxygen atoms in total. The number of ether oxygens (including phenoxy) is 1. The molecule has 0 bridgehead atoms. The molecule has 7 heteroatoms. The summed E-state index contributed by atoms with van der Waals surface area (Å²) in [5.41, 5.74) is 2.75. The van der Waals surface area contributed by atoms with E-state index in [1.807, 2.05) is 64.7 Å². The number of benzene rings is 2. The Labute approximate surface area is 166 Å². The number of amides is 1. The van der Waals surface area contributed by atoms with Gasteiger partial charge in [-0.1, -0.05) is 35.6 Å². The zero-order chi connectivity index (χ0) is 19.2. The first-order valence-corrected chi connectivity index (χ1v) is 9.63. The molecule has 1 N–H and O–H groups in total. The van der Waals surface area contributed by atoms with Crippen LogP contribution in [0.5, 0.6) is 10.9 Å². The van der Waals surface area contributed by atoms with Crippen LogP contribution < -0.4 is 10.1 Å². The SMILES string of the molecule is O=C(NCc1ccc(Oc2nccs2)cc1)c1ccc(Cn2ccnc2)cc1. The topological polar surface area (TPSA) is 69.0 Å². The van der Waals surface area contributed by atoms with Crippen LogP contribution in [-0.4, -0.2) is 20.4 Å². The minimum Gasteiger partial charge on any atom is -0.431 e. The van der Waals surface area contributed by atoms with Crippen LogP contribution in [0.2, 0.25) is 0 Å². The molecule has 0 aliphatic heterocycles. The molecular formula is C21H18N4O2S. The van der Waals surface area contributed by atoms with Crippen LogP contribution in [0.1, 0.15) is 21.5 Å². The van der Waals surface area contributed by atoms with Gasteiger partial charge in [-0.3, -0.25) is 4.79 Å². The number of carbonyl (C=O) groups is 1. The zero-order valence-electron chi connectivity index (χ0n) is 15.0. The van der Waals surface area contributed by atoms with Crippen LogP contribution in [-0.2, 0) is 13.1 Å². The summed E-state index contributed by atoms with van der Waals surface area (Å²) in [6, 6.07) is 15.2. The number of imidazole rings is 1. The van der Waals surface area contributed by atoms with E-state index in [1.54, 1.807) is 18.7 Å². The number of nitrogens with zero attached hydrogens (tertiary/aromatic N) is 3. The number of rotatable bonds is 7. The fraction of sp³-hybridized carbons (Fsp3) is 0.0952. The van der Waals surface area contributed by atoms with E-state index < -0.39 is 0 Å². The Hall–Kier alpha value is -3.45. The van der Waals surface area contributed by atoms with Crippen LogP contribution >= 0.6 is 11.3 Å². The molecule has 0 aliphatic carbocycles. The lowest BCUT2D eigenvalue weighted by atomic mass is 10.1. The van der Waals surface area contributed by atoms with Gasteiger partial charge in [-0.2, -0.15) is 0 Å². The third-order valence-corrected chi connectivity index (χ3v) is 4.78. The van der Waals surface area contributed by atoms with Gasteiger partial charge in [-0.25, -0.2) is 9.97 Å². The van der Waals surface area contributed by atoms with Gasteiger partial charge in [-0.05, 0) is 35.4 Å². The van der Waals surface area contributed by atoms with E-state index in [-0.39, 0.29) is 5.91 Å². The molecule has 2 aromatic heterocycles. The molecule has 0 fully saturated rings. The normalized spacial score (nSPS) is 10.6. The zero-order valence-corrected chi connectivity index (χ0v) is 15.8. The summed E-state index contributed by atoms with van der Waals surface area (Å²) in [5.74, 6) is 0.621. The molecule has 1 amide bonds. The lowest BCUT2D eigenvalue weighted by Gasteiger charge is -2.08. The van der Waals surface area contributed by atoms with E-state index in [1.165, 1.54) is 11.3 Å². The maximum Gasteiger partial charge on any atom is 0.278 e. The molecule has 0 radical (unpaired) electrons. The van der Waals surface area contributed by atoms with E-state index in [4.69, 9.17) is 4.74 Å². The summed E-state index contributed by atoms with van der Waals surface area (Å²) in [4.78, 5) is 20.5. The Morgan fingerprint density at radius 1 is 1.04 bits per heavy atom. The van der Waals surface area contributed by atoms with Crippen molar-refractivity contribution in [2.75, 3.05) is 0 Å². The lowest BCUT2D eigenvalue weighted by molar-refractivity contribution is 0.0951. The number of thiazole rings is 1. The van der Waals surface area contributed by atoms with Gasteiger partial charge in [0.2, 0.25) is 0 Å². The van der Waals surface area contributed by atoms with Gasteiger partial charge in [-0.15, -0.1) is 0 Å². The fourth-order valence-corrected chi connectivity index (χ4v) is 3.18. The summed E-state index contributed by atoms with van der Waals surface area (Å²) >= 11 is 1.44. The molecule has 2 heterocycles. The van der Waals surface area contributed by atoms with Crippen molar-refractivity contribution in [2.24, 2.45) is 0 Å². The average Bonchev–Trinajstić information content (AvgIpc) is 3.42. The number of aromatic nitrogens is 3. The van der Waals surface area contributed by atoms with Crippen molar-refractivity contribution in [3.63, 3.8) is 0 Å². The predicted molar refractivity (Wildman–Crippen MR) is 108 cm³/mol. The minimum absolute atomic E-state index is 0.0997. The van der Waals surface area contributed by atoms with E-state index in [2.05, 4.69) is 15.3 Å². The highest BCUT2D eigenvalue weighted by atomic mass is 32.1. The van der Waals surface area contributed by atoms with Crippen LogP contribution in [0.3, 0.4) is 0 Å². The third kappa shape index (κ3) is 4.63. The van der Waals surface area contributed by atoms with E-state index >= 15 is 0 Å². The molecule has 0 aliphatic rings. The van der Waals surface area contributed by atoms with E-state index in [0.29, 0.717) is 17.3 Å². The summed E-state index contributed by atoms with van der Waals surface area (Å²) in [6.07, 6.45) is 7.13. The maximum atomic E-state index is 12.4. The van der Waals surface area contributed by atoms with Gasteiger partial charge in [0, 0.05) is 42.6 Å². The van der Waals surface area contributed by atoms with Crippen LogP contribution in [0.4, 0.5) is 0 Å². The first kappa shape index (κ1) is 17.9. The fourth-order valence-electron chi connectivity index (χ4n) is 2.67. The molecule has 0 saturated carbocycles. The molecule has 0 atom stereocenters. The Morgan fingerprint density at radius 3 is 2.50 bits per heavy atom. The number of hydrogen-bond acceptors (Lipinski definition) is 5. The van der Waals surface area contributed by atoms with Crippen molar-refractivity contribution in [1.82, 2.24) is 19.9 Å². The van der Waals surface area contributed by atoms with Gasteiger partial charge < -0.3 is 14.6 Å². The molecule has 0 saturated heterocycles. The molecular weight excluding hydrogens is 372 g/mol. The number of hydrogen-bond donors (Lipinski definition) is 1. The maximum absolute atomic E-state index is 12.4. The average molecular weight is 390 g/mol. The molecule has 0 spiro atoms. The highest BCUT2D eigenvalue weighted by Crippen LogP contribution is 2.23.